The minimum atomic E-state index is -1.51. The number of likely N-dealkylation sites (N-methyl/N-ethyl adjacent to an activating group) is 1. The minimum Gasteiger partial charge on any atom is -0.477 e. The van der Waals surface area contributed by atoms with Crippen LogP contribution in [-0.4, -0.2) is 87.4 Å². The highest BCUT2D eigenvalue weighted by Crippen LogP contribution is 2.17. The number of hydrogen-bond acceptors (Lipinski definition) is 7. The fraction of sp³-hybridized carbons (Fsp3) is 0.814. The van der Waals surface area contributed by atoms with Crippen LogP contribution in [0.25, 0.3) is 0 Å². The van der Waals surface area contributed by atoms with Crippen molar-refractivity contribution < 1.29 is 42.9 Å². The lowest BCUT2D eigenvalue weighted by molar-refractivity contribution is -0.870. The molecule has 0 amide bonds. The summed E-state index contributed by atoms with van der Waals surface area (Å²) >= 11 is 0. The van der Waals surface area contributed by atoms with Crippen LogP contribution in [0.5, 0.6) is 0 Å². The molecular formula is C70H128NO8+. The minimum absolute atomic E-state index is 0.184. The van der Waals surface area contributed by atoms with Gasteiger partial charge in [0.15, 0.2) is 6.10 Å². The Labute approximate surface area is 488 Å². The lowest BCUT2D eigenvalue weighted by Crippen LogP contribution is -2.40. The van der Waals surface area contributed by atoms with Crippen molar-refractivity contribution in [1.29, 1.82) is 0 Å². The molecule has 2 unspecified atom stereocenters. The second-order valence-corrected chi connectivity index (χ2v) is 23.8. The molecule has 460 valence electrons. The van der Waals surface area contributed by atoms with Crippen molar-refractivity contribution in [3.8, 4) is 0 Å². The number of carboxylic acids is 1. The number of esters is 2. The summed E-state index contributed by atoms with van der Waals surface area (Å²) < 4.78 is 23.0. The SMILES string of the molecule is CCCCCCC/C=C\C/C=C\C/C=C\CCCCCCCCCCC(=O)OC(COC(=O)CCCCCCCCCCCCCCCCCCCCC/C=C\C/C=C\CCCCCCC)COC(OCC[N+](C)(C)C)C(=O)O. The van der Waals surface area contributed by atoms with Crippen LogP contribution in [0, 0.1) is 0 Å². The number of aliphatic carboxylic acids is 1. The molecule has 0 rings (SSSR count). The summed E-state index contributed by atoms with van der Waals surface area (Å²) in [6, 6.07) is 0. The van der Waals surface area contributed by atoms with Crippen molar-refractivity contribution in [2.24, 2.45) is 0 Å². The van der Waals surface area contributed by atoms with Crippen LogP contribution in [0.1, 0.15) is 309 Å². The molecule has 0 saturated heterocycles. The smallest absolute Gasteiger partial charge is 0.361 e. The Morgan fingerprint density at radius 3 is 1.01 bits per heavy atom. The van der Waals surface area contributed by atoms with E-state index in [1.807, 2.05) is 21.1 Å². The first-order chi connectivity index (χ1) is 38.6. The van der Waals surface area contributed by atoms with Gasteiger partial charge in [0.25, 0.3) is 6.29 Å². The Kier molecular flexibility index (Phi) is 58.7. The Balaban J connectivity index is 4.12. The Hall–Kier alpha value is -3.01. The van der Waals surface area contributed by atoms with Gasteiger partial charge in [-0.3, -0.25) is 9.59 Å². The van der Waals surface area contributed by atoms with Gasteiger partial charge in [0.1, 0.15) is 13.2 Å². The molecule has 0 heterocycles. The van der Waals surface area contributed by atoms with E-state index < -0.39 is 24.3 Å². The fourth-order valence-electron chi connectivity index (χ4n) is 9.58. The number of allylic oxidation sites excluding steroid dienone is 10. The summed E-state index contributed by atoms with van der Waals surface area (Å²) in [5.41, 5.74) is 0. The van der Waals surface area contributed by atoms with Gasteiger partial charge < -0.3 is 28.5 Å². The molecule has 79 heavy (non-hydrogen) atoms. The van der Waals surface area contributed by atoms with E-state index in [0.717, 1.165) is 64.2 Å². The van der Waals surface area contributed by atoms with Crippen LogP contribution in [0.2, 0.25) is 0 Å². The monoisotopic (exact) mass is 1110 g/mol. The quantitative estimate of drug-likeness (QED) is 0.0211. The first-order valence-electron chi connectivity index (χ1n) is 33.5. The van der Waals surface area contributed by atoms with Crippen molar-refractivity contribution in [2.45, 2.75) is 322 Å². The van der Waals surface area contributed by atoms with Crippen LogP contribution in [0.4, 0.5) is 0 Å². The second kappa shape index (κ2) is 61.1. The van der Waals surface area contributed by atoms with Gasteiger partial charge in [0, 0.05) is 12.8 Å². The van der Waals surface area contributed by atoms with Gasteiger partial charge in [-0.25, -0.2) is 4.79 Å². The number of hydrogen-bond donors (Lipinski definition) is 1. The van der Waals surface area contributed by atoms with Crippen molar-refractivity contribution in [3.05, 3.63) is 60.8 Å². The molecule has 0 bridgehead atoms. The number of carboxylic acid groups (broad SMARTS) is 1. The Bertz CT molecular complexity index is 1480. The average molecular weight is 1110 g/mol. The van der Waals surface area contributed by atoms with E-state index in [0.29, 0.717) is 23.9 Å². The third kappa shape index (κ3) is 62.4. The summed E-state index contributed by atoms with van der Waals surface area (Å²) in [4.78, 5) is 37.6. The van der Waals surface area contributed by atoms with E-state index in [9.17, 15) is 19.5 Å². The maximum Gasteiger partial charge on any atom is 0.361 e. The molecule has 0 aliphatic heterocycles. The molecule has 0 aromatic heterocycles. The van der Waals surface area contributed by atoms with Crippen LogP contribution < -0.4 is 0 Å². The first-order valence-corrected chi connectivity index (χ1v) is 33.5. The van der Waals surface area contributed by atoms with Gasteiger partial charge in [-0.1, -0.05) is 274 Å². The molecule has 0 saturated carbocycles. The third-order valence-corrected chi connectivity index (χ3v) is 14.7. The van der Waals surface area contributed by atoms with Crippen LogP contribution in [-0.2, 0) is 33.3 Å². The number of ether oxygens (including phenoxy) is 4. The van der Waals surface area contributed by atoms with Crippen molar-refractivity contribution >= 4 is 17.9 Å². The highest BCUT2D eigenvalue weighted by Gasteiger charge is 2.25. The van der Waals surface area contributed by atoms with Gasteiger partial charge in [0.2, 0.25) is 0 Å². The molecule has 0 aromatic carbocycles. The average Bonchev–Trinajstić information content (AvgIpc) is 3.42. The molecule has 9 nitrogen and oxygen atoms in total. The highest BCUT2D eigenvalue weighted by atomic mass is 16.7. The zero-order valence-electron chi connectivity index (χ0n) is 52.5. The number of unbranched alkanes of at least 4 members (excludes halogenated alkanes) is 37. The lowest BCUT2D eigenvalue weighted by atomic mass is 10.0. The summed E-state index contributed by atoms with van der Waals surface area (Å²) in [5, 5.41) is 9.73. The number of nitrogens with zero attached hydrogens (tertiary/aromatic N) is 1. The molecule has 1 N–H and O–H groups in total. The molecule has 0 fully saturated rings. The van der Waals surface area contributed by atoms with E-state index in [-0.39, 0.29) is 32.2 Å². The van der Waals surface area contributed by atoms with Gasteiger partial charge in [-0.2, -0.15) is 0 Å². The topological polar surface area (TPSA) is 108 Å². The number of carbonyl (C=O) groups excluding carboxylic acids is 2. The summed E-state index contributed by atoms with van der Waals surface area (Å²) in [7, 11) is 5.98. The van der Waals surface area contributed by atoms with Crippen LogP contribution >= 0.6 is 0 Å². The Morgan fingerprint density at radius 1 is 0.380 bits per heavy atom. The van der Waals surface area contributed by atoms with E-state index >= 15 is 0 Å². The summed E-state index contributed by atoms with van der Waals surface area (Å²) in [5.74, 6) is -2.00. The molecule has 0 aliphatic rings. The van der Waals surface area contributed by atoms with E-state index in [1.165, 1.54) is 212 Å². The van der Waals surface area contributed by atoms with E-state index in [4.69, 9.17) is 18.9 Å². The number of rotatable bonds is 62. The fourth-order valence-corrected chi connectivity index (χ4v) is 9.58. The largest absolute Gasteiger partial charge is 0.477 e. The molecule has 2 atom stereocenters. The molecule has 9 heteroatoms. The first kappa shape index (κ1) is 76.0. The highest BCUT2D eigenvalue weighted by molar-refractivity contribution is 5.71. The molecular weight excluding hydrogens is 983 g/mol. The predicted octanol–water partition coefficient (Wildman–Crippen LogP) is 20.4. The van der Waals surface area contributed by atoms with Crippen molar-refractivity contribution in [2.75, 3.05) is 47.5 Å². The van der Waals surface area contributed by atoms with Crippen LogP contribution in [0.3, 0.4) is 0 Å². The van der Waals surface area contributed by atoms with E-state index in [1.54, 1.807) is 0 Å². The van der Waals surface area contributed by atoms with Gasteiger partial charge >= 0.3 is 17.9 Å². The van der Waals surface area contributed by atoms with Crippen molar-refractivity contribution in [1.82, 2.24) is 0 Å². The van der Waals surface area contributed by atoms with Crippen molar-refractivity contribution in [3.63, 3.8) is 0 Å². The maximum absolute atomic E-state index is 12.9. The zero-order chi connectivity index (χ0) is 57.6. The Morgan fingerprint density at radius 2 is 0.684 bits per heavy atom. The molecule has 0 aromatic rings. The van der Waals surface area contributed by atoms with E-state index in [2.05, 4.69) is 74.6 Å². The number of quaternary nitrogens is 1. The summed E-state index contributed by atoms with van der Waals surface area (Å²) in [6.45, 7) is 4.88. The third-order valence-electron chi connectivity index (χ3n) is 14.7. The lowest BCUT2D eigenvalue weighted by Gasteiger charge is -2.25. The maximum atomic E-state index is 12.9. The van der Waals surface area contributed by atoms with Gasteiger partial charge in [0.05, 0.1) is 34.4 Å². The normalized spacial score (nSPS) is 13.1. The molecule has 0 spiro atoms. The summed E-state index contributed by atoms with van der Waals surface area (Å²) in [6.07, 6.45) is 76.1. The van der Waals surface area contributed by atoms with Gasteiger partial charge in [-0.15, -0.1) is 0 Å². The zero-order valence-corrected chi connectivity index (χ0v) is 52.5. The second-order valence-electron chi connectivity index (χ2n) is 23.8. The van der Waals surface area contributed by atoms with Crippen LogP contribution in [0.15, 0.2) is 60.8 Å². The molecule has 0 radical (unpaired) electrons. The number of carbonyl (C=O) groups is 3. The van der Waals surface area contributed by atoms with Gasteiger partial charge in [-0.05, 0) is 83.5 Å². The standard InChI is InChI=1S/C70H127NO8/c1-6-8-10-12-14-16-18-20-22-24-26-28-30-31-32-33-34-35-36-37-39-40-42-44-46-48-50-52-54-56-58-60-67(72)77-64-66(65-78-70(69(74)75)76-63-62-71(3,4)5)79-68(73)61-59-57-55-53-51-49-47-45-43-41-38-29-27-25-23-21-19-17-15-13-11-9-7-2/h18-21,24-27,38,41,66,70H,6-17,22-23,28-37,39-40,42-65H2,1-5H3/p+1/b20-18-,21-19-,26-24-,27-25-,41-38-. The molecule has 0 aliphatic carbocycles. The predicted molar refractivity (Wildman–Crippen MR) is 336 cm³/mol.